The van der Waals surface area contributed by atoms with Gasteiger partial charge in [0.2, 0.25) is 6.20 Å². The van der Waals surface area contributed by atoms with Crippen LogP contribution in [-0.2, 0) is 9.84 Å². The summed E-state index contributed by atoms with van der Waals surface area (Å²) in [6, 6.07) is 3.08. The Morgan fingerprint density at radius 3 is 2.55 bits per heavy atom. The molecule has 0 aliphatic rings. The van der Waals surface area contributed by atoms with Crippen LogP contribution in [-0.4, -0.2) is 14.7 Å². The molecule has 60 valence electrons. The number of sulfone groups is 1. The summed E-state index contributed by atoms with van der Waals surface area (Å²) in [5, 5.41) is 0. The SMILES string of the molecule is CS(=O)(=O)c1ccc[n+](N)c1. The van der Waals surface area contributed by atoms with E-state index in [1.165, 1.54) is 16.9 Å². The number of aromatic nitrogens is 1. The smallest absolute Gasteiger partial charge is 0.217 e. The molecule has 0 spiro atoms. The molecule has 0 radical (unpaired) electrons. The Morgan fingerprint density at radius 2 is 2.18 bits per heavy atom. The Bertz CT molecular complexity index is 359. The molecule has 1 aromatic heterocycles. The predicted octanol–water partition coefficient (Wildman–Crippen LogP) is -0.909. The van der Waals surface area contributed by atoms with E-state index in [1.54, 1.807) is 12.3 Å². The van der Waals surface area contributed by atoms with E-state index in [1.807, 2.05) is 0 Å². The maximum Gasteiger partial charge on any atom is 0.217 e. The van der Waals surface area contributed by atoms with Crippen molar-refractivity contribution in [2.45, 2.75) is 4.90 Å². The van der Waals surface area contributed by atoms with Gasteiger partial charge in [0.1, 0.15) is 4.90 Å². The Morgan fingerprint density at radius 1 is 1.55 bits per heavy atom. The fourth-order valence-electron chi connectivity index (χ4n) is 0.690. The van der Waals surface area contributed by atoms with Crippen LogP contribution in [0, 0.1) is 0 Å². The van der Waals surface area contributed by atoms with Crippen molar-refractivity contribution in [3.05, 3.63) is 24.5 Å². The monoisotopic (exact) mass is 173 g/mol. The van der Waals surface area contributed by atoms with Crippen molar-refractivity contribution in [1.29, 1.82) is 0 Å². The normalized spacial score (nSPS) is 11.4. The lowest BCUT2D eigenvalue weighted by Crippen LogP contribution is -2.43. The first-order chi connectivity index (χ1) is 5.00. The molecule has 1 aromatic rings. The Hall–Kier alpha value is -1.10. The lowest BCUT2D eigenvalue weighted by atomic mass is 10.5. The van der Waals surface area contributed by atoms with E-state index in [-0.39, 0.29) is 4.90 Å². The van der Waals surface area contributed by atoms with Crippen molar-refractivity contribution < 1.29 is 13.1 Å². The van der Waals surface area contributed by atoms with Gasteiger partial charge in [-0.3, -0.25) is 0 Å². The molecule has 5 heteroatoms. The lowest BCUT2D eigenvalue weighted by Gasteiger charge is -1.92. The second-order valence-corrected chi connectivity index (χ2v) is 4.27. The number of nitrogens with two attached hydrogens (primary N) is 1. The summed E-state index contributed by atoms with van der Waals surface area (Å²) >= 11 is 0. The molecule has 0 aliphatic carbocycles. The third-order valence-electron chi connectivity index (χ3n) is 1.22. The first kappa shape index (κ1) is 8.00. The highest BCUT2D eigenvalue weighted by atomic mass is 32.2. The summed E-state index contributed by atoms with van der Waals surface area (Å²) in [6.45, 7) is 0. The van der Waals surface area contributed by atoms with E-state index < -0.39 is 9.84 Å². The van der Waals surface area contributed by atoms with Crippen LogP contribution in [0.1, 0.15) is 0 Å². The van der Waals surface area contributed by atoms with Gasteiger partial charge in [0.15, 0.2) is 16.0 Å². The Kier molecular flexibility index (Phi) is 1.82. The molecule has 0 atom stereocenters. The van der Waals surface area contributed by atoms with Gasteiger partial charge in [-0.1, -0.05) is 4.68 Å². The van der Waals surface area contributed by atoms with Gasteiger partial charge >= 0.3 is 0 Å². The molecular weight excluding hydrogens is 164 g/mol. The van der Waals surface area contributed by atoms with Gasteiger partial charge in [0.05, 0.1) is 0 Å². The largest absolute Gasteiger partial charge is 0.224 e. The third kappa shape index (κ3) is 1.91. The lowest BCUT2D eigenvalue weighted by molar-refractivity contribution is -0.640. The zero-order valence-corrected chi connectivity index (χ0v) is 6.88. The van der Waals surface area contributed by atoms with Crippen molar-refractivity contribution in [3.63, 3.8) is 0 Å². The molecule has 0 amide bonds. The van der Waals surface area contributed by atoms with Crippen LogP contribution in [0.25, 0.3) is 0 Å². The van der Waals surface area contributed by atoms with Gasteiger partial charge < -0.3 is 0 Å². The summed E-state index contributed by atoms with van der Waals surface area (Å²) in [6.07, 6.45) is 4.06. The van der Waals surface area contributed by atoms with E-state index in [0.29, 0.717) is 0 Å². The summed E-state index contributed by atoms with van der Waals surface area (Å²) in [5.41, 5.74) is 0. The number of hydrogen-bond donors (Lipinski definition) is 1. The van der Waals surface area contributed by atoms with E-state index in [4.69, 9.17) is 5.84 Å². The van der Waals surface area contributed by atoms with E-state index >= 15 is 0 Å². The van der Waals surface area contributed by atoms with Crippen LogP contribution in [0.15, 0.2) is 29.4 Å². The topological polar surface area (TPSA) is 64.0 Å². The highest BCUT2D eigenvalue weighted by Crippen LogP contribution is 2.02. The summed E-state index contributed by atoms with van der Waals surface area (Å²) in [5.74, 6) is 5.31. The average molecular weight is 173 g/mol. The van der Waals surface area contributed by atoms with Crippen LogP contribution in [0.5, 0.6) is 0 Å². The first-order valence-corrected chi connectivity index (χ1v) is 4.86. The first-order valence-electron chi connectivity index (χ1n) is 2.96. The minimum atomic E-state index is -3.13. The molecule has 0 aliphatic heterocycles. The summed E-state index contributed by atoms with van der Waals surface area (Å²) in [7, 11) is -3.13. The molecule has 0 saturated carbocycles. The van der Waals surface area contributed by atoms with Crippen LogP contribution >= 0.6 is 0 Å². The molecule has 0 unspecified atom stereocenters. The Balaban J connectivity index is 3.28. The molecule has 2 N–H and O–H groups in total. The quantitative estimate of drug-likeness (QED) is 0.442. The molecule has 4 nitrogen and oxygen atoms in total. The van der Waals surface area contributed by atoms with E-state index in [0.717, 1.165) is 6.26 Å². The number of nitrogen functional groups attached to an aromatic ring is 1. The fraction of sp³-hybridized carbons (Fsp3) is 0.167. The Labute approximate surface area is 65.2 Å². The average Bonchev–Trinajstić information content (AvgIpc) is 1.86. The van der Waals surface area contributed by atoms with Gasteiger partial charge in [0, 0.05) is 12.3 Å². The summed E-state index contributed by atoms with van der Waals surface area (Å²) in [4.78, 5) is 0.225. The maximum absolute atomic E-state index is 10.9. The maximum atomic E-state index is 10.9. The van der Waals surface area contributed by atoms with Crippen LogP contribution < -0.4 is 10.5 Å². The number of pyridine rings is 1. The molecule has 11 heavy (non-hydrogen) atoms. The zero-order valence-electron chi connectivity index (χ0n) is 6.06. The van der Waals surface area contributed by atoms with Crippen LogP contribution in [0.2, 0.25) is 0 Å². The van der Waals surface area contributed by atoms with Gasteiger partial charge in [-0.05, 0) is 6.07 Å². The van der Waals surface area contributed by atoms with E-state index in [2.05, 4.69) is 0 Å². The molecule has 0 aromatic carbocycles. The predicted molar refractivity (Wildman–Crippen MR) is 39.9 cm³/mol. The summed E-state index contributed by atoms with van der Waals surface area (Å²) < 4.78 is 23.0. The van der Waals surface area contributed by atoms with Crippen molar-refractivity contribution in [3.8, 4) is 0 Å². The molecule has 1 heterocycles. The highest BCUT2D eigenvalue weighted by Gasteiger charge is 2.09. The van der Waals surface area contributed by atoms with Crippen molar-refractivity contribution >= 4 is 9.84 Å². The molecular formula is C6H9N2O2S+. The molecule has 0 fully saturated rings. The standard InChI is InChI=1S/C6H9N2O2S/c1-11(9,10)6-3-2-4-8(7)5-6/h2-5H,7H2,1H3/q+1. The zero-order chi connectivity index (χ0) is 8.48. The molecule has 0 saturated heterocycles. The molecule has 0 bridgehead atoms. The van der Waals surface area contributed by atoms with Gasteiger partial charge in [-0.15, -0.1) is 0 Å². The minimum Gasteiger partial charge on any atom is -0.224 e. The molecule has 1 rings (SSSR count). The van der Waals surface area contributed by atoms with Crippen molar-refractivity contribution in [1.82, 2.24) is 0 Å². The van der Waals surface area contributed by atoms with Crippen molar-refractivity contribution in [2.24, 2.45) is 0 Å². The van der Waals surface area contributed by atoms with Gasteiger partial charge in [0.25, 0.3) is 0 Å². The van der Waals surface area contributed by atoms with Crippen LogP contribution in [0.3, 0.4) is 0 Å². The second-order valence-electron chi connectivity index (χ2n) is 2.26. The van der Waals surface area contributed by atoms with Crippen LogP contribution in [0.4, 0.5) is 0 Å². The van der Waals surface area contributed by atoms with Gasteiger partial charge in [-0.2, -0.15) is 0 Å². The number of hydrogen-bond acceptors (Lipinski definition) is 3. The number of rotatable bonds is 1. The number of nitrogens with zero attached hydrogens (tertiary/aromatic N) is 1. The third-order valence-corrected chi connectivity index (χ3v) is 2.32. The van der Waals surface area contributed by atoms with E-state index in [9.17, 15) is 8.42 Å². The van der Waals surface area contributed by atoms with Crippen molar-refractivity contribution in [2.75, 3.05) is 12.1 Å². The fourth-order valence-corrected chi connectivity index (χ4v) is 1.33. The minimum absolute atomic E-state index is 0.225. The second kappa shape index (κ2) is 2.50. The van der Waals surface area contributed by atoms with Gasteiger partial charge in [-0.25, -0.2) is 14.3 Å². The highest BCUT2D eigenvalue weighted by molar-refractivity contribution is 7.90.